The van der Waals surface area contributed by atoms with Crippen molar-refractivity contribution in [2.75, 3.05) is 7.11 Å². The average Bonchev–Trinajstić information content (AvgIpc) is 2.67. The van der Waals surface area contributed by atoms with Gasteiger partial charge in [0.1, 0.15) is 0 Å². The Morgan fingerprint density at radius 2 is 2.00 bits per heavy atom. The maximum atomic E-state index is 12.2. The molecule has 3 rings (SSSR count). The van der Waals surface area contributed by atoms with Gasteiger partial charge in [-0.1, -0.05) is 42.5 Å². The highest BCUT2D eigenvalue weighted by Gasteiger charge is 2.19. The van der Waals surface area contributed by atoms with Gasteiger partial charge in [0.2, 0.25) is 0 Å². The molecule has 126 valence electrons. The predicted molar refractivity (Wildman–Crippen MR) is 103 cm³/mol. The fourth-order valence-corrected chi connectivity index (χ4v) is 3.08. The van der Waals surface area contributed by atoms with E-state index in [0.29, 0.717) is 6.42 Å². The molecular weight excluding hydrogens is 380 g/mol. The average molecular weight is 397 g/mol. The van der Waals surface area contributed by atoms with Gasteiger partial charge in [-0.3, -0.25) is 9.98 Å². The Kier molecular flexibility index (Phi) is 5.56. The van der Waals surface area contributed by atoms with E-state index in [1.54, 1.807) is 12.4 Å². The molecule has 0 saturated carbocycles. The van der Waals surface area contributed by atoms with Crippen molar-refractivity contribution in [2.45, 2.75) is 12.5 Å². The quantitative estimate of drug-likeness (QED) is 0.479. The molecule has 5 heteroatoms. The molecule has 0 radical (unpaired) electrons. The molecule has 0 aliphatic carbocycles. The standard InChI is InChI=1S/C20H17BrN2O2/c1-25-20(24)18(23-13-14-6-3-2-4-7-14)12-15-9-10-17(21)19-16(15)8-5-11-22-19/h2-11,13,18H,12H2,1H3/t18-/m0/s1. The lowest BCUT2D eigenvalue weighted by atomic mass is 10.0. The van der Waals surface area contributed by atoms with E-state index in [2.05, 4.69) is 25.9 Å². The predicted octanol–water partition coefficient (Wildman–Crippen LogP) is 4.20. The van der Waals surface area contributed by atoms with E-state index in [0.717, 1.165) is 26.5 Å². The molecule has 0 aliphatic rings. The van der Waals surface area contributed by atoms with Gasteiger partial charge in [-0.2, -0.15) is 0 Å². The van der Waals surface area contributed by atoms with E-state index < -0.39 is 6.04 Å². The van der Waals surface area contributed by atoms with Crippen molar-refractivity contribution in [3.8, 4) is 0 Å². The minimum absolute atomic E-state index is 0.354. The number of aromatic nitrogens is 1. The number of hydrogen-bond acceptors (Lipinski definition) is 4. The maximum absolute atomic E-state index is 12.2. The molecule has 0 bridgehead atoms. The molecule has 3 aromatic rings. The number of benzene rings is 2. The molecular formula is C20H17BrN2O2. The second-order valence-electron chi connectivity index (χ2n) is 5.54. The minimum Gasteiger partial charge on any atom is -0.467 e. The van der Waals surface area contributed by atoms with Crippen LogP contribution in [0.2, 0.25) is 0 Å². The van der Waals surface area contributed by atoms with Crippen molar-refractivity contribution in [1.82, 2.24) is 4.98 Å². The molecule has 0 saturated heterocycles. The zero-order valence-electron chi connectivity index (χ0n) is 13.7. The minimum atomic E-state index is -0.602. The first kappa shape index (κ1) is 17.3. The Labute approximate surface area is 154 Å². The van der Waals surface area contributed by atoms with Crippen LogP contribution in [0.25, 0.3) is 10.9 Å². The Bertz CT molecular complexity index is 910. The first-order valence-corrected chi connectivity index (χ1v) is 8.66. The van der Waals surface area contributed by atoms with E-state index in [9.17, 15) is 4.79 Å². The summed E-state index contributed by atoms with van der Waals surface area (Å²) < 4.78 is 5.86. The lowest BCUT2D eigenvalue weighted by Crippen LogP contribution is -2.23. The Morgan fingerprint density at radius 1 is 1.20 bits per heavy atom. The first-order valence-electron chi connectivity index (χ1n) is 7.87. The molecule has 0 fully saturated rings. The first-order chi connectivity index (χ1) is 12.2. The van der Waals surface area contributed by atoms with Crippen LogP contribution in [-0.4, -0.2) is 30.3 Å². The van der Waals surface area contributed by atoms with E-state index in [1.165, 1.54) is 7.11 Å². The summed E-state index contributed by atoms with van der Waals surface area (Å²) in [6, 6.07) is 16.9. The normalized spacial score (nSPS) is 12.4. The molecule has 4 nitrogen and oxygen atoms in total. The Hall–Kier alpha value is -2.53. The van der Waals surface area contributed by atoms with Gasteiger partial charge in [-0.05, 0) is 39.2 Å². The number of ether oxygens (including phenoxy) is 1. The number of hydrogen-bond donors (Lipinski definition) is 0. The second kappa shape index (κ2) is 8.03. The van der Waals surface area contributed by atoms with Crippen molar-refractivity contribution in [1.29, 1.82) is 0 Å². The molecule has 0 unspecified atom stereocenters. The van der Waals surface area contributed by atoms with Crippen molar-refractivity contribution >= 4 is 39.0 Å². The molecule has 25 heavy (non-hydrogen) atoms. The van der Waals surface area contributed by atoms with Gasteiger partial charge in [0, 0.05) is 28.7 Å². The summed E-state index contributed by atoms with van der Waals surface area (Å²) >= 11 is 3.52. The van der Waals surface area contributed by atoms with Crippen LogP contribution in [0.5, 0.6) is 0 Å². The third kappa shape index (κ3) is 4.12. The lowest BCUT2D eigenvalue weighted by molar-refractivity contribution is -0.142. The number of carbonyl (C=O) groups is 1. The smallest absolute Gasteiger partial charge is 0.330 e. The Morgan fingerprint density at radius 3 is 2.76 bits per heavy atom. The highest BCUT2D eigenvalue weighted by molar-refractivity contribution is 9.10. The van der Waals surface area contributed by atoms with Crippen molar-refractivity contribution < 1.29 is 9.53 Å². The fraction of sp³-hybridized carbons (Fsp3) is 0.150. The maximum Gasteiger partial charge on any atom is 0.330 e. The van der Waals surface area contributed by atoms with Gasteiger partial charge in [-0.25, -0.2) is 4.79 Å². The SMILES string of the molecule is COC(=O)[C@H](Cc1ccc(Br)c2ncccc12)N=Cc1ccccc1. The summed E-state index contributed by atoms with van der Waals surface area (Å²) in [4.78, 5) is 21.0. The molecule has 2 aromatic carbocycles. The number of esters is 1. The van der Waals surface area contributed by atoms with Gasteiger partial charge >= 0.3 is 5.97 Å². The van der Waals surface area contributed by atoms with E-state index in [1.807, 2.05) is 54.6 Å². The van der Waals surface area contributed by atoms with Crippen molar-refractivity contribution in [3.63, 3.8) is 0 Å². The summed E-state index contributed by atoms with van der Waals surface area (Å²) in [5.41, 5.74) is 2.82. The van der Waals surface area contributed by atoms with Crippen LogP contribution < -0.4 is 0 Å². The zero-order chi connectivity index (χ0) is 17.6. The van der Waals surface area contributed by atoms with Crippen LogP contribution in [-0.2, 0) is 16.0 Å². The third-order valence-corrected chi connectivity index (χ3v) is 4.54. The Balaban J connectivity index is 1.92. The third-order valence-electron chi connectivity index (χ3n) is 3.90. The summed E-state index contributed by atoms with van der Waals surface area (Å²) in [5.74, 6) is -0.354. The van der Waals surface area contributed by atoms with Crippen LogP contribution in [0.15, 0.2) is 70.3 Å². The van der Waals surface area contributed by atoms with Crippen molar-refractivity contribution in [2.24, 2.45) is 4.99 Å². The van der Waals surface area contributed by atoms with E-state index in [4.69, 9.17) is 4.74 Å². The van der Waals surface area contributed by atoms with Gasteiger partial charge < -0.3 is 4.74 Å². The molecule has 0 amide bonds. The number of carbonyl (C=O) groups excluding carboxylic acids is 1. The van der Waals surface area contributed by atoms with Gasteiger partial charge in [0.05, 0.1) is 12.6 Å². The zero-order valence-corrected chi connectivity index (χ0v) is 15.3. The molecule has 1 aromatic heterocycles. The summed E-state index contributed by atoms with van der Waals surface area (Å²) in [7, 11) is 1.38. The fourth-order valence-electron chi connectivity index (χ4n) is 2.63. The van der Waals surface area contributed by atoms with Gasteiger partial charge in [0.25, 0.3) is 0 Å². The monoisotopic (exact) mass is 396 g/mol. The lowest BCUT2D eigenvalue weighted by Gasteiger charge is -2.13. The number of nitrogens with zero attached hydrogens (tertiary/aromatic N) is 2. The highest BCUT2D eigenvalue weighted by atomic mass is 79.9. The van der Waals surface area contributed by atoms with Crippen LogP contribution in [0.4, 0.5) is 0 Å². The van der Waals surface area contributed by atoms with Crippen LogP contribution >= 0.6 is 15.9 Å². The number of pyridine rings is 1. The van der Waals surface area contributed by atoms with Crippen LogP contribution in [0.1, 0.15) is 11.1 Å². The number of fused-ring (bicyclic) bond motifs is 1. The van der Waals surface area contributed by atoms with E-state index >= 15 is 0 Å². The summed E-state index contributed by atoms with van der Waals surface area (Å²) in [6.07, 6.45) is 3.91. The second-order valence-corrected chi connectivity index (χ2v) is 6.39. The largest absolute Gasteiger partial charge is 0.467 e. The molecule has 1 atom stereocenters. The van der Waals surface area contributed by atoms with E-state index in [-0.39, 0.29) is 5.97 Å². The molecule has 1 heterocycles. The number of rotatable bonds is 5. The van der Waals surface area contributed by atoms with Crippen LogP contribution in [0, 0.1) is 0 Å². The molecule has 0 spiro atoms. The highest BCUT2D eigenvalue weighted by Crippen LogP contribution is 2.26. The number of aliphatic imine (C=N–C) groups is 1. The van der Waals surface area contributed by atoms with Gasteiger partial charge in [0.15, 0.2) is 6.04 Å². The topological polar surface area (TPSA) is 51.5 Å². The molecule has 0 N–H and O–H groups in total. The van der Waals surface area contributed by atoms with Gasteiger partial charge in [-0.15, -0.1) is 0 Å². The molecule has 0 aliphatic heterocycles. The summed E-state index contributed by atoms with van der Waals surface area (Å²) in [6.45, 7) is 0. The number of methoxy groups -OCH3 is 1. The van der Waals surface area contributed by atoms with Crippen molar-refractivity contribution in [3.05, 3.63) is 76.4 Å². The van der Waals surface area contributed by atoms with Crippen LogP contribution in [0.3, 0.4) is 0 Å². The summed E-state index contributed by atoms with van der Waals surface area (Å²) in [5, 5.41) is 1.00. The number of halogens is 1.